The number of carboxylic acids is 1. The predicted octanol–water partition coefficient (Wildman–Crippen LogP) is 0.398. The van der Waals surface area contributed by atoms with Crippen molar-refractivity contribution in [1.82, 2.24) is 0 Å². The van der Waals surface area contributed by atoms with Crippen molar-refractivity contribution in [3.05, 3.63) is 12.2 Å². The van der Waals surface area contributed by atoms with Crippen LogP contribution in [-0.2, 0) is 4.79 Å². The maximum atomic E-state index is 10.1. The normalized spacial score (nSPS) is 11.0. The zero-order chi connectivity index (χ0) is 7.65. The van der Waals surface area contributed by atoms with Crippen LogP contribution in [0.3, 0.4) is 0 Å². The monoisotopic (exact) mass is 130 g/mol. The summed E-state index contributed by atoms with van der Waals surface area (Å²) in [4.78, 5) is 10.1. The molecule has 0 radical (unpaired) electrons. The van der Waals surface area contributed by atoms with Crippen LogP contribution in [0.15, 0.2) is 12.2 Å². The second-order valence-corrected chi connectivity index (χ2v) is 2.34. The lowest BCUT2D eigenvalue weighted by Gasteiger charge is -2.15. The zero-order valence-electron chi connectivity index (χ0n) is 5.51. The van der Waals surface area contributed by atoms with Crippen molar-refractivity contribution < 1.29 is 15.0 Å². The summed E-state index contributed by atoms with van der Waals surface area (Å²) < 4.78 is 0. The number of hydrogen-bond donors (Lipinski definition) is 2. The minimum Gasteiger partial charge on any atom is -0.478 e. The van der Waals surface area contributed by atoms with E-state index in [1.54, 1.807) is 0 Å². The molecule has 0 heterocycles. The molecule has 0 aromatic carbocycles. The van der Waals surface area contributed by atoms with Gasteiger partial charge in [-0.3, -0.25) is 0 Å². The van der Waals surface area contributed by atoms with Gasteiger partial charge in [0.15, 0.2) is 0 Å². The number of hydrogen-bond acceptors (Lipinski definition) is 2. The third-order valence-corrected chi connectivity index (χ3v) is 0.997. The molecule has 52 valence electrons. The Morgan fingerprint density at radius 3 is 1.89 bits per heavy atom. The van der Waals surface area contributed by atoms with Crippen LogP contribution in [0.25, 0.3) is 0 Å². The standard InChI is InChI=1S/C6H10O3/c1-4(5(7)8)6(2,3)9/h9H,1H2,2-3H3,(H,7,8). The molecule has 0 saturated heterocycles. The highest BCUT2D eigenvalue weighted by Gasteiger charge is 2.22. The summed E-state index contributed by atoms with van der Waals surface area (Å²) in [5, 5.41) is 17.2. The third-order valence-electron chi connectivity index (χ3n) is 0.997. The van der Waals surface area contributed by atoms with Crippen molar-refractivity contribution in [2.45, 2.75) is 19.4 Å². The Labute approximate surface area is 53.6 Å². The maximum absolute atomic E-state index is 10.1. The van der Waals surface area contributed by atoms with Crippen molar-refractivity contribution in [3.63, 3.8) is 0 Å². The lowest BCUT2D eigenvalue weighted by Crippen LogP contribution is -2.26. The number of carboxylic acid groups (broad SMARTS) is 1. The SMILES string of the molecule is C=C(C(=O)O)C(C)(C)O. The first kappa shape index (κ1) is 8.17. The van der Waals surface area contributed by atoms with Gasteiger partial charge in [0.25, 0.3) is 0 Å². The van der Waals surface area contributed by atoms with Crippen molar-refractivity contribution in [3.8, 4) is 0 Å². The minimum absolute atomic E-state index is 0.192. The highest BCUT2D eigenvalue weighted by molar-refractivity contribution is 5.87. The van der Waals surface area contributed by atoms with E-state index in [4.69, 9.17) is 10.2 Å². The number of carbonyl (C=O) groups is 1. The van der Waals surface area contributed by atoms with Crippen molar-refractivity contribution in [2.75, 3.05) is 0 Å². The lowest BCUT2D eigenvalue weighted by molar-refractivity contribution is -0.134. The van der Waals surface area contributed by atoms with Gasteiger partial charge < -0.3 is 10.2 Å². The highest BCUT2D eigenvalue weighted by Crippen LogP contribution is 2.12. The van der Waals surface area contributed by atoms with Gasteiger partial charge in [-0.15, -0.1) is 0 Å². The Balaban J connectivity index is 4.23. The van der Waals surface area contributed by atoms with Crippen LogP contribution >= 0.6 is 0 Å². The van der Waals surface area contributed by atoms with Gasteiger partial charge in [-0.05, 0) is 13.8 Å². The van der Waals surface area contributed by atoms with Crippen LogP contribution in [-0.4, -0.2) is 21.8 Å². The zero-order valence-corrected chi connectivity index (χ0v) is 5.51. The van der Waals surface area contributed by atoms with Gasteiger partial charge in [0.1, 0.15) is 0 Å². The second kappa shape index (κ2) is 2.19. The Kier molecular flexibility index (Phi) is 1.99. The summed E-state index contributed by atoms with van der Waals surface area (Å²) in [5.74, 6) is -1.16. The average Bonchev–Trinajstić information content (AvgIpc) is 1.62. The van der Waals surface area contributed by atoms with Crippen molar-refractivity contribution in [1.29, 1.82) is 0 Å². The minimum atomic E-state index is -1.31. The molecule has 0 aliphatic carbocycles. The van der Waals surface area contributed by atoms with Crippen molar-refractivity contribution >= 4 is 5.97 Å². The van der Waals surface area contributed by atoms with Gasteiger partial charge in [-0.2, -0.15) is 0 Å². The van der Waals surface area contributed by atoms with Crippen LogP contribution in [0.4, 0.5) is 0 Å². The largest absolute Gasteiger partial charge is 0.478 e. The molecule has 9 heavy (non-hydrogen) atoms. The molecule has 3 heteroatoms. The molecule has 0 aromatic heterocycles. The van der Waals surface area contributed by atoms with E-state index in [2.05, 4.69) is 6.58 Å². The first-order valence-corrected chi connectivity index (χ1v) is 2.50. The third kappa shape index (κ3) is 2.28. The maximum Gasteiger partial charge on any atom is 0.333 e. The van der Waals surface area contributed by atoms with E-state index in [1.165, 1.54) is 13.8 Å². The molecule has 0 saturated carbocycles. The lowest BCUT2D eigenvalue weighted by atomic mass is 10.0. The Morgan fingerprint density at radius 2 is 1.89 bits per heavy atom. The molecule has 0 unspecified atom stereocenters. The molecular formula is C6H10O3. The van der Waals surface area contributed by atoms with Gasteiger partial charge >= 0.3 is 5.97 Å². The fraction of sp³-hybridized carbons (Fsp3) is 0.500. The summed E-state index contributed by atoms with van der Waals surface area (Å²) >= 11 is 0. The Hall–Kier alpha value is -0.830. The molecule has 0 fully saturated rings. The number of rotatable bonds is 2. The van der Waals surface area contributed by atoms with Crippen LogP contribution in [0.2, 0.25) is 0 Å². The van der Waals surface area contributed by atoms with Crippen LogP contribution in [0.5, 0.6) is 0 Å². The van der Waals surface area contributed by atoms with E-state index in [-0.39, 0.29) is 5.57 Å². The second-order valence-electron chi connectivity index (χ2n) is 2.34. The van der Waals surface area contributed by atoms with Gasteiger partial charge in [0.05, 0.1) is 11.2 Å². The molecule has 3 nitrogen and oxygen atoms in total. The molecule has 0 rings (SSSR count). The topological polar surface area (TPSA) is 57.5 Å². The highest BCUT2D eigenvalue weighted by atomic mass is 16.4. The smallest absolute Gasteiger partial charge is 0.333 e. The predicted molar refractivity (Wildman–Crippen MR) is 33.1 cm³/mol. The number of aliphatic hydroxyl groups is 1. The molecular weight excluding hydrogens is 120 g/mol. The molecule has 0 aliphatic heterocycles. The molecule has 0 bridgehead atoms. The summed E-state index contributed by atoms with van der Waals surface area (Å²) in [6.45, 7) is 5.93. The summed E-state index contributed by atoms with van der Waals surface area (Å²) in [7, 11) is 0. The number of aliphatic carboxylic acids is 1. The molecule has 0 spiro atoms. The van der Waals surface area contributed by atoms with Gasteiger partial charge in [-0.1, -0.05) is 6.58 Å². The van der Waals surface area contributed by atoms with Gasteiger partial charge in [-0.25, -0.2) is 4.79 Å². The van der Waals surface area contributed by atoms with Crippen LogP contribution in [0, 0.1) is 0 Å². The van der Waals surface area contributed by atoms with E-state index in [0.29, 0.717) is 0 Å². The van der Waals surface area contributed by atoms with Crippen LogP contribution < -0.4 is 0 Å². The molecule has 0 aliphatic rings. The first-order chi connectivity index (χ1) is 3.85. The molecule has 0 aromatic rings. The fourth-order valence-corrected chi connectivity index (χ4v) is 0.262. The summed E-state index contributed by atoms with van der Waals surface area (Å²) in [6.07, 6.45) is 0. The average molecular weight is 130 g/mol. The van der Waals surface area contributed by atoms with E-state index in [9.17, 15) is 4.79 Å². The van der Waals surface area contributed by atoms with E-state index in [0.717, 1.165) is 0 Å². The van der Waals surface area contributed by atoms with E-state index in [1.807, 2.05) is 0 Å². The summed E-state index contributed by atoms with van der Waals surface area (Å²) in [6, 6.07) is 0. The van der Waals surface area contributed by atoms with Crippen LogP contribution in [0.1, 0.15) is 13.8 Å². The quantitative estimate of drug-likeness (QED) is 0.532. The molecule has 0 atom stereocenters. The fourth-order valence-electron chi connectivity index (χ4n) is 0.262. The molecule has 2 N–H and O–H groups in total. The van der Waals surface area contributed by atoms with E-state index < -0.39 is 11.6 Å². The van der Waals surface area contributed by atoms with Crippen molar-refractivity contribution in [2.24, 2.45) is 0 Å². The van der Waals surface area contributed by atoms with Gasteiger partial charge in [0, 0.05) is 0 Å². The Bertz CT molecular complexity index is 141. The van der Waals surface area contributed by atoms with E-state index >= 15 is 0 Å². The first-order valence-electron chi connectivity index (χ1n) is 2.50. The molecule has 0 amide bonds. The Morgan fingerprint density at radius 1 is 1.56 bits per heavy atom. The summed E-state index contributed by atoms with van der Waals surface area (Å²) in [5.41, 5.74) is -1.51. The van der Waals surface area contributed by atoms with Gasteiger partial charge in [0.2, 0.25) is 0 Å².